The van der Waals surface area contributed by atoms with Crippen molar-refractivity contribution >= 4 is 17.4 Å². The first kappa shape index (κ1) is 16.7. The molecule has 3 nitrogen and oxygen atoms in total. The van der Waals surface area contributed by atoms with E-state index in [9.17, 15) is 22.4 Å². The SMILES string of the molecule is COc1ccc(C(=O)COCC(F)(F)C(F)F)cc1Cl. The molecule has 0 aliphatic carbocycles. The number of ether oxygens (including phenoxy) is 2. The molecule has 0 N–H and O–H groups in total. The highest BCUT2D eigenvalue weighted by atomic mass is 35.5. The third kappa shape index (κ3) is 4.35. The van der Waals surface area contributed by atoms with E-state index in [0.717, 1.165) is 0 Å². The zero-order valence-corrected chi connectivity index (χ0v) is 11.1. The minimum atomic E-state index is -4.28. The predicted molar refractivity (Wildman–Crippen MR) is 64.1 cm³/mol. The lowest BCUT2D eigenvalue weighted by atomic mass is 10.1. The summed E-state index contributed by atoms with van der Waals surface area (Å²) in [5.74, 6) is -4.59. The van der Waals surface area contributed by atoms with Crippen LogP contribution in [0.1, 0.15) is 10.4 Å². The molecular weight excluding hydrogens is 304 g/mol. The average Bonchev–Trinajstić information content (AvgIpc) is 2.38. The van der Waals surface area contributed by atoms with Gasteiger partial charge in [0.05, 0.1) is 12.1 Å². The molecule has 0 saturated heterocycles. The molecule has 0 fully saturated rings. The monoisotopic (exact) mass is 314 g/mol. The number of rotatable bonds is 7. The average molecular weight is 315 g/mol. The van der Waals surface area contributed by atoms with Gasteiger partial charge in [-0.25, -0.2) is 8.78 Å². The fourth-order valence-corrected chi connectivity index (χ4v) is 1.52. The Bertz CT molecular complexity index is 480. The maximum atomic E-state index is 12.5. The Morgan fingerprint density at radius 1 is 1.40 bits per heavy atom. The Hall–Kier alpha value is -1.34. The quantitative estimate of drug-likeness (QED) is 0.571. The van der Waals surface area contributed by atoms with Gasteiger partial charge < -0.3 is 9.47 Å². The summed E-state index contributed by atoms with van der Waals surface area (Å²) in [5, 5.41) is 0.163. The smallest absolute Gasteiger partial charge is 0.330 e. The molecule has 0 saturated carbocycles. The molecule has 0 spiro atoms. The van der Waals surface area contributed by atoms with Gasteiger partial charge in [0.15, 0.2) is 5.78 Å². The first-order valence-corrected chi connectivity index (χ1v) is 5.76. The molecule has 0 radical (unpaired) electrons. The molecule has 1 rings (SSSR count). The van der Waals surface area contributed by atoms with Crippen molar-refractivity contribution in [1.29, 1.82) is 0 Å². The fraction of sp³-hybridized carbons (Fsp3) is 0.417. The molecule has 8 heteroatoms. The Labute approximate surface area is 117 Å². The number of Topliss-reactive ketones (excluding diaryl/α,β-unsaturated/α-hetero) is 1. The van der Waals surface area contributed by atoms with Gasteiger partial charge in [0, 0.05) is 5.56 Å². The normalized spacial score (nSPS) is 11.8. The van der Waals surface area contributed by atoms with Crippen molar-refractivity contribution in [2.45, 2.75) is 12.3 Å². The van der Waals surface area contributed by atoms with Crippen molar-refractivity contribution in [3.8, 4) is 5.75 Å². The second-order valence-corrected chi connectivity index (χ2v) is 4.23. The van der Waals surface area contributed by atoms with E-state index in [1.807, 2.05) is 0 Å². The molecule has 20 heavy (non-hydrogen) atoms. The highest BCUT2D eigenvalue weighted by molar-refractivity contribution is 6.32. The van der Waals surface area contributed by atoms with Crippen LogP contribution in [0.5, 0.6) is 5.75 Å². The molecule has 1 aromatic rings. The Morgan fingerprint density at radius 3 is 2.55 bits per heavy atom. The van der Waals surface area contributed by atoms with Gasteiger partial charge in [-0.1, -0.05) is 11.6 Å². The van der Waals surface area contributed by atoms with Crippen LogP contribution in [0.4, 0.5) is 17.6 Å². The summed E-state index contributed by atoms with van der Waals surface area (Å²) in [6.45, 7) is -2.27. The maximum Gasteiger partial charge on any atom is 0.330 e. The minimum Gasteiger partial charge on any atom is -0.495 e. The highest BCUT2D eigenvalue weighted by Gasteiger charge is 2.41. The lowest BCUT2D eigenvalue weighted by Crippen LogP contribution is -2.33. The largest absolute Gasteiger partial charge is 0.495 e. The summed E-state index contributed by atoms with van der Waals surface area (Å²) < 4.78 is 58.0. The summed E-state index contributed by atoms with van der Waals surface area (Å²) >= 11 is 5.78. The van der Waals surface area contributed by atoms with Gasteiger partial charge in [0.1, 0.15) is 19.0 Å². The molecule has 0 amide bonds. The summed E-state index contributed by atoms with van der Waals surface area (Å²) in [7, 11) is 1.39. The van der Waals surface area contributed by atoms with Crippen LogP contribution in [0.25, 0.3) is 0 Å². The molecule has 0 unspecified atom stereocenters. The van der Waals surface area contributed by atoms with Crippen molar-refractivity contribution in [1.82, 2.24) is 0 Å². The summed E-state index contributed by atoms with van der Waals surface area (Å²) in [4.78, 5) is 11.6. The van der Waals surface area contributed by atoms with E-state index < -0.39 is 31.3 Å². The second-order valence-electron chi connectivity index (χ2n) is 3.83. The van der Waals surface area contributed by atoms with Gasteiger partial charge in [-0.2, -0.15) is 8.78 Å². The van der Waals surface area contributed by atoms with Crippen LogP contribution >= 0.6 is 11.6 Å². The molecule has 0 atom stereocenters. The van der Waals surface area contributed by atoms with E-state index in [2.05, 4.69) is 4.74 Å². The Kier molecular flexibility index (Phi) is 5.76. The van der Waals surface area contributed by atoms with Crippen LogP contribution < -0.4 is 4.74 Å². The number of halogens is 5. The lowest BCUT2D eigenvalue weighted by molar-refractivity contribution is -0.163. The highest BCUT2D eigenvalue weighted by Crippen LogP contribution is 2.25. The van der Waals surface area contributed by atoms with Crippen LogP contribution in [0.3, 0.4) is 0 Å². The van der Waals surface area contributed by atoms with Crippen LogP contribution in [-0.2, 0) is 4.74 Å². The van der Waals surface area contributed by atoms with Gasteiger partial charge in [-0.3, -0.25) is 4.79 Å². The third-order valence-electron chi connectivity index (χ3n) is 2.32. The van der Waals surface area contributed by atoms with Gasteiger partial charge in [-0.15, -0.1) is 0 Å². The molecule has 0 aliphatic heterocycles. The molecule has 1 aromatic carbocycles. The zero-order valence-electron chi connectivity index (χ0n) is 10.3. The second kappa shape index (κ2) is 6.90. The predicted octanol–water partition coefficient (Wildman–Crippen LogP) is 3.45. The number of methoxy groups -OCH3 is 1. The fourth-order valence-electron chi connectivity index (χ4n) is 1.27. The van der Waals surface area contributed by atoms with Gasteiger partial charge in [0.2, 0.25) is 0 Å². The number of carbonyl (C=O) groups is 1. The van der Waals surface area contributed by atoms with Crippen molar-refractivity contribution in [2.75, 3.05) is 20.3 Å². The summed E-state index contributed by atoms with van der Waals surface area (Å²) in [5.41, 5.74) is 0.108. The number of carbonyl (C=O) groups excluding carboxylic acids is 1. The number of ketones is 1. The van der Waals surface area contributed by atoms with Gasteiger partial charge >= 0.3 is 12.3 Å². The van der Waals surface area contributed by atoms with Crippen molar-refractivity contribution in [3.05, 3.63) is 28.8 Å². The van der Waals surface area contributed by atoms with E-state index in [1.54, 1.807) is 0 Å². The number of hydrogen-bond acceptors (Lipinski definition) is 3. The van der Waals surface area contributed by atoms with E-state index in [-0.39, 0.29) is 10.6 Å². The van der Waals surface area contributed by atoms with E-state index in [4.69, 9.17) is 16.3 Å². The molecule has 0 bridgehead atoms. The van der Waals surface area contributed by atoms with Crippen molar-refractivity contribution in [2.24, 2.45) is 0 Å². The van der Waals surface area contributed by atoms with Crippen LogP contribution in [0.15, 0.2) is 18.2 Å². The molecule has 0 aliphatic rings. The summed E-state index contributed by atoms with van der Waals surface area (Å²) in [6.07, 6.45) is -3.84. The minimum absolute atomic E-state index is 0.108. The van der Waals surface area contributed by atoms with Crippen LogP contribution in [-0.4, -0.2) is 38.5 Å². The number of benzene rings is 1. The molecule has 0 heterocycles. The molecule has 112 valence electrons. The maximum absolute atomic E-state index is 12.5. The van der Waals surface area contributed by atoms with Crippen molar-refractivity contribution in [3.63, 3.8) is 0 Å². The zero-order chi connectivity index (χ0) is 15.3. The van der Waals surface area contributed by atoms with Gasteiger partial charge in [0.25, 0.3) is 0 Å². The van der Waals surface area contributed by atoms with Crippen LogP contribution in [0, 0.1) is 0 Å². The van der Waals surface area contributed by atoms with Gasteiger partial charge in [-0.05, 0) is 18.2 Å². The van der Waals surface area contributed by atoms with Crippen molar-refractivity contribution < 1.29 is 31.8 Å². The summed E-state index contributed by atoms with van der Waals surface area (Å²) in [6, 6.07) is 4.06. The lowest BCUT2D eigenvalue weighted by Gasteiger charge is -2.14. The van der Waals surface area contributed by atoms with E-state index in [1.165, 1.54) is 25.3 Å². The number of hydrogen-bond donors (Lipinski definition) is 0. The first-order valence-electron chi connectivity index (χ1n) is 5.38. The Balaban J connectivity index is 2.58. The molecular formula is C12H11ClF4O3. The Morgan fingerprint density at radius 2 is 2.05 bits per heavy atom. The van der Waals surface area contributed by atoms with E-state index >= 15 is 0 Å². The molecule has 0 aromatic heterocycles. The van der Waals surface area contributed by atoms with Crippen LogP contribution in [0.2, 0.25) is 5.02 Å². The standard InChI is InChI=1S/C12H11ClF4O3/c1-19-10-3-2-7(4-8(10)13)9(18)5-20-6-12(16,17)11(14)15/h2-4,11H,5-6H2,1H3. The first-order chi connectivity index (χ1) is 9.27. The number of alkyl halides is 4. The topological polar surface area (TPSA) is 35.5 Å². The van der Waals surface area contributed by atoms with E-state index in [0.29, 0.717) is 5.75 Å². The third-order valence-corrected chi connectivity index (χ3v) is 2.62.